The summed E-state index contributed by atoms with van der Waals surface area (Å²) in [6.07, 6.45) is 5.48. The van der Waals surface area contributed by atoms with E-state index in [1.165, 1.54) is 0 Å². The topological polar surface area (TPSA) is 55.1 Å². The van der Waals surface area contributed by atoms with Crippen molar-refractivity contribution in [1.82, 2.24) is 5.32 Å². The van der Waals surface area contributed by atoms with Crippen LogP contribution < -0.4 is 11.1 Å². The molecule has 108 valence electrons. The van der Waals surface area contributed by atoms with Crippen LogP contribution in [0, 0.1) is 11.7 Å². The van der Waals surface area contributed by atoms with Crippen molar-refractivity contribution in [3.63, 3.8) is 0 Å². The Kier molecular flexibility index (Phi) is 3.74. The zero-order valence-electron chi connectivity index (χ0n) is 11.6. The van der Waals surface area contributed by atoms with Gasteiger partial charge in [-0.1, -0.05) is 12.1 Å². The Balaban J connectivity index is 1.61. The minimum Gasteiger partial charge on any atom is -0.369 e. The Morgan fingerprint density at radius 2 is 1.95 bits per heavy atom. The van der Waals surface area contributed by atoms with E-state index < -0.39 is 0 Å². The van der Waals surface area contributed by atoms with Crippen LogP contribution in [-0.2, 0) is 11.2 Å². The molecule has 4 heteroatoms. The number of halogens is 1. The van der Waals surface area contributed by atoms with E-state index in [1.807, 2.05) is 6.07 Å². The molecule has 1 aromatic carbocycles. The Hall–Kier alpha value is -1.42. The molecule has 2 aliphatic carbocycles. The van der Waals surface area contributed by atoms with E-state index in [1.54, 1.807) is 12.1 Å². The summed E-state index contributed by atoms with van der Waals surface area (Å²) in [5.41, 5.74) is 7.34. The quantitative estimate of drug-likeness (QED) is 0.891. The van der Waals surface area contributed by atoms with Crippen LogP contribution in [0.4, 0.5) is 4.39 Å². The highest BCUT2D eigenvalue weighted by Crippen LogP contribution is 2.34. The first-order chi connectivity index (χ1) is 9.65. The molecule has 1 aromatic rings. The lowest BCUT2D eigenvalue weighted by molar-refractivity contribution is -0.122. The number of rotatable bonds is 3. The maximum absolute atomic E-state index is 13.7. The summed E-state index contributed by atoms with van der Waals surface area (Å²) in [5.74, 6) is -0.206. The Bertz CT molecular complexity index is 509. The van der Waals surface area contributed by atoms with Crippen molar-refractivity contribution in [3.8, 4) is 0 Å². The van der Waals surface area contributed by atoms with Gasteiger partial charge in [0, 0.05) is 18.0 Å². The Labute approximate surface area is 118 Å². The molecule has 1 amide bonds. The van der Waals surface area contributed by atoms with E-state index in [9.17, 15) is 9.18 Å². The second-order valence-corrected chi connectivity index (χ2v) is 6.02. The van der Waals surface area contributed by atoms with Gasteiger partial charge < -0.3 is 11.1 Å². The zero-order valence-corrected chi connectivity index (χ0v) is 11.6. The third-order valence-corrected chi connectivity index (χ3v) is 4.78. The molecule has 2 aliphatic rings. The van der Waals surface area contributed by atoms with Gasteiger partial charge in [0.15, 0.2) is 0 Å². The molecule has 3 nitrogen and oxygen atoms in total. The standard InChI is InChI=1S/C16H21FN2O/c17-14-3-1-2-13-12(14)8-9-15(13)19-11-6-4-10(5-7-11)16(18)20/h1-3,10-11,15,19H,4-9H2,(H2,18,20). The fourth-order valence-corrected chi connectivity index (χ4v) is 3.61. The number of nitrogens with two attached hydrogens (primary N) is 1. The predicted octanol–water partition coefficient (Wildman–Crippen LogP) is 2.45. The number of amides is 1. The highest BCUT2D eigenvalue weighted by atomic mass is 19.1. The van der Waals surface area contributed by atoms with E-state index in [2.05, 4.69) is 5.32 Å². The molecule has 0 bridgehead atoms. The van der Waals surface area contributed by atoms with Crippen LogP contribution >= 0.6 is 0 Å². The predicted molar refractivity (Wildman–Crippen MR) is 75.5 cm³/mol. The lowest BCUT2D eigenvalue weighted by Crippen LogP contribution is -2.38. The summed E-state index contributed by atoms with van der Waals surface area (Å²) >= 11 is 0. The molecule has 0 spiro atoms. The highest BCUT2D eigenvalue weighted by molar-refractivity contribution is 5.76. The lowest BCUT2D eigenvalue weighted by Gasteiger charge is -2.30. The molecular weight excluding hydrogens is 255 g/mol. The number of fused-ring (bicyclic) bond motifs is 1. The van der Waals surface area contributed by atoms with Crippen LogP contribution in [0.5, 0.6) is 0 Å². The minimum absolute atomic E-state index is 0.0429. The summed E-state index contributed by atoms with van der Waals surface area (Å²) in [6.45, 7) is 0. The largest absolute Gasteiger partial charge is 0.369 e. The van der Waals surface area contributed by atoms with Gasteiger partial charge in [-0.15, -0.1) is 0 Å². The second-order valence-electron chi connectivity index (χ2n) is 6.02. The van der Waals surface area contributed by atoms with E-state index in [0.717, 1.165) is 49.7 Å². The van der Waals surface area contributed by atoms with Crippen molar-refractivity contribution in [2.45, 2.75) is 50.6 Å². The maximum atomic E-state index is 13.7. The number of hydrogen-bond donors (Lipinski definition) is 2. The minimum atomic E-state index is -0.170. The van der Waals surface area contributed by atoms with Gasteiger partial charge in [0.1, 0.15) is 5.82 Å². The van der Waals surface area contributed by atoms with E-state index in [0.29, 0.717) is 6.04 Å². The molecule has 3 N–H and O–H groups in total. The molecule has 0 heterocycles. The van der Waals surface area contributed by atoms with Gasteiger partial charge in [-0.05, 0) is 55.7 Å². The molecular formula is C16H21FN2O. The fraction of sp³-hybridized carbons (Fsp3) is 0.562. The monoisotopic (exact) mass is 276 g/mol. The molecule has 0 radical (unpaired) electrons. The fourth-order valence-electron chi connectivity index (χ4n) is 3.61. The molecule has 1 unspecified atom stereocenters. The average molecular weight is 276 g/mol. The van der Waals surface area contributed by atoms with Crippen molar-refractivity contribution >= 4 is 5.91 Å². The van der Waals surface area contributed by atoms with E-state index >= 15 is 0 Å². The van der Waals surface area contributed by atoms with Gasteiger partial charge >= 0.3 is 0 Å². The van der Waals surface area contributed by atoms with Crippen LogP contribution in [0.25, 0.3) is 0 Å². The van der Waals surface area contributed by atoms with Crippen molar-refractivity contribution in [2.24, 2.45) is 11.7 Å². The van der Waals surface area contributed by atoms with Gasteiger partial charge in [0.25, 0.3) is 0 Å². The summed E-state index contributed by atoms with van der Waals surface area (Å²) in [5, 5.41) is 3.64. The van der Waals surface area contributed by atoms with Gasteiger partial charge in [-0.3, -0.25) is 4.79 Å². The van der Waals surface area contributed by atoms with Crippen molar-refractivity contribution in [2.75, 3.05) is 0 Å². The van der Waals surface area contributed by atoms with Gasteiger partial charge in [0.05, 0.1) is 0 Å². The molecule has 20 heavy (non-hydrogen) atoms. The number of primary amides is 1. The van der Waals surface area contributed by atoms with E-state index in [-0.39, 0.29) is 23.7 Å². The summed E-state index contributed by atoms with van der Waals surface area (Å²) in [6, 6.07) is 6.04. The lowest BCUT2D eigenvalue weighted by atomic mass is 9.85. The van der Waals surface area contributed by atoms with Crippen LogP contribution in [0.2, 0.25) is 0 Å². The number of hydrogen-bond acceptors (Lipinski definition) is 2. The molecule has 0 aromatic heterocycles. The van der Waals surface area contributed by atoms with Crippen LogP contribution in [0.1, 0.15) is 49.3 Å². The molecule has 3 rings (SSSR count). The third-order valence-electron chi connectivity index (χ3n) is 4.78. The first-order valence-electron chi connectivity index (χ1n) is 7.48. The first kappa shape index (κ1) is 13.6. The van der Waals surface area contributed by atoms with E-state index in [4.69, 9.17) is 5.73 Å². The number of carbonyl (C=O) groups is 1. The number of carbonyl (C=O) groups excluding carboxylic acids is 1. The third kappa shape index (κ3) is 2.57. The van der Waals surface area contributed by atoms with Crippen LogP contribution in [0.3, 0.4) is 0 Å². The SMILES string of the molecule is NC(=O)C1CCC(NC2CCc3c(F)cccc32)CC1. The summed E-state index contributed by atoms with van der Waals surface area (Å²) < 4.78 is 13.7. The van der Waals surface area contributed by atoms with Gasteiger partial charge in [0.2, 0.25) is 5.91 Å². The zero-order chi connectivity index (χ0) is 14.1. The molecule has 0 aliphatic heterocycles. The van der Waals surface area contributed by atoms with Gasteiger partial charge in [-0.2, -0.15) is 0 Å². The summed E-state index contributed by atoms with van der Waals surface area (Å²) in [7, 11) is 0. The Morgan fingerprint density at radius 3 is 2.65 bits per heavy atom. The number of nitrogens with one attached hydrogen (secondary N) is 1. The number of benzene rings is 1. The molecule has 0 saturated heterocycles. The molecule has 1 saturated carbocycles. The normalized spacial score (nSPS) is 29.1. The molecule has 1 fully saturated rings. The van der Waals surface area contributed by atoms with Crippen molar-refractivity contribution in [3.05, 3.63) is 35.1 Å². The molecule has 1 atom stereocenters. The average Bonchev–Trinajstić information content (AvgIpc) is 2.84. The van der Waals surface area contributed by atoms with Crippen molar-refractivity contribution in [1.29, 1.82) is 0 Å². The first-order valence-corrected chi connectivity index (χ1v) is 7.48. The second kappa shape index (κ2) is 5.52. The highest BCUT2D eigenvalue weighted by Gasteiger charge is 2.29. The smallest absolute Gasteiger partial charge is 0.220 e. The van der Waals surface area contributed by atoms with Crippen molar-refractivity contribution < 1.29 is 9.18 Å². The summed E-state index contributed by atoms with van der Waals surface area (Å²) in [4.78, 5) is 11.2. The van der Waals surface area contributed by atoms with Gasteiger partial charge in [-0.25, -0.2) is 4.39 Å². The Morgan fingerprint density at radius 1 is 1.20 bits per heavy atom. The van der Waals surface area contributed by atoms with Crippen LogP contribution in [-0.4, -0.2) is 11.9 Å². The van der Waals surface area contributed by atoms with Crippen LogP contribution in [0.15, 0.2) is 18.2 Å². The maximum Gasteiger partial charge on any atom is 0.220 e.